The molecule has 0 heterocycles. The number of allylic oxidation sites excluding steroid dienone is 1. The van der Waals surface area contributed by atoms with Crippen LogP contribution in [0.3, 0.4) is 0 Å². The number of nitrogens with one attached hydrogen (secondary N) is 1. The highest BCUT2D eigenvalue weighted by Gasteiger charge is 2.21. The maximum Gasteiger partial charge on any atom is 0.251 e. The molecule has 0 bridgehead atoms. The average Bonchev–Trinajstić information content (AvgIpc) is 2.32. The zero-order valence-electron chi connectivity index (χ0n) is 10.4. The van der Waals surface area contributed by atoms with Crippen molar-refractivity contribution in [3.8, 4) is 0 Å². The van der Waals surface area contributed by atoms with Crippen LogP contribution in [0.15, 0.2) is 36.4 Å². The van der Waals surface area contributed by atoms with Crippen LogP contribution in [0.1, 0.15) is 35.7 Å². The van der Waals surface area contributed by atoms with Crippen molar-refractivity contribution in [2.75, 3.05) is 0 Å². The van der Waals surface area contributed by atoms with E-state index in [1.165, 1.54) is 0 Å². The van der Waals surface area contributed by atoms with Gasteiger partial charge in [-0.25, -0.2) is 0 Å². The maximum atomic E-state index is 12.1. The quantitative estimate of drug-likeness (QED) is 0.776. The minimum atomic E-state index is 0.0512. The molecule has 0 spiro atoms. The van der Waals surface area contributed by atoms with Crippen LogP contribution in [-0.4, -0.2) is 11.9 Å². The van der Waals surface area contributed by atoms with E-state index in [0.717, 1.165) is 24.0 Å². The van der Waals surface area contributed by atoms with Crippen molar-refractivity contribution in [1.29, 1.82) is 0 Å². The van der Waals surface area contributed by atoms with Gasteiger partial charge < -0.3 is 5.32 Å². The van der Waals surface area contributed by atoms with Gasteiger partial charge in [-0.05, 0) is 37.3 Å². The van der Waals surface area contributed by atoms with Gasteiger partial charge in [0, 0.05) is 11.6 Å². The van der Waals surface area contributed by atoms with Crippen LogP contribution in [0.4, 0.5) is 0 Å². The molecule has 90 valence electrons. The predicted molar refractivity (Wildman–Crippen MR) is 70.0 cm³/mol. The summed E-state index contributed by atoms with van der Waals surface area (Å²) in [6.07, 6.45) is 6.35. The molecule has 0 unspecified atom stereocenters. The second kappa shape index (κ2) is 5.17. The molecule has 1 amide bonds. The molecule has 2 atom stereocenters. The van der Waals surface area contributed by atoms with Crippen LogP contribution >= 0.6 is 0 Å². The van der Waals surface area contributed by atoms with E-state index in [4.69, 9.17) is 0 Å². The van der Waals surface area contributed by atoms with Gasteiger partial charge in [-0.15, -0.1) is 0 Å². The van der Waals surface area contributed by atoms with Gasteiger partial charge in [0.1, 0.15) is 0 Å². The molecule has 0 radical (unpaired) electrons. The fourth-order valence-corrected chi connectivity index (χ4v) is 2.23. The van der Waals surface area contributed by atoms with Crippen molar-refractivity contribution in [2.45, 2.75) is 32.7 Å². The summed E-state index contributed by atoms with van der Waals surface area (Å²) in [6.45, 7) is 4.16. The topological polar surface area (TPSA) is 29.1 Å². The van der Waals surface area contributed by atoms with Gasteiger partial charge in [-0.1, -0.05) is 37.3 Å². The molecular weight excluding hydrogens is 210 g/mol. The van der Waals surface area contributed by atoms with Crippen LogP contribution in [-0.2, 0) is 0 Å². The molecule has 0 saturated carbocycles. The van der Waals surface area contributed by atoms with E-state index in [2.05, 4.69) is 24.4 Å². The van der Waals surface area contributed by atoms with Gasteiger partial charge >= 0.3 is 0 Å². The second-order valence-electron chi connectivity index (χ2n) is 4.81. The van der Waals surface area contributed by atoms with Crippen molar-refractivity contribution < 1.29 is 4.79 Å². The van der Waals surface area contributed by atoms with E-state index in [9.17, 15) is 4.79 Å². The third-order valence-corrected chi connectivity index (χ3v) is 3.46. The normalized spacial score (nSPS) is 23.4. The lowest BCUT2D eigenvalue weighted by Crippen LogP contribution is -2.40. The zero-order valence-corrected chi connectivity index (χ0v) is 10.4. The lowest BCUT2D eigenvalue weighted by Gasteiger charge is -2.26. The lowest BCUT2D eigenvalue weighted by atomic mass is 9.90. The van der Waals surface area contributed by atoms with E-state index in [1.807, 2.05) is 31.2 Å². The Bertz CT molecular complexity index is 436. The van der Waals surface area contributed by atoms with Crippen molar-refractivity contribution in [1.82, 2.24) is 5.32 Å². The SMILES string of the molecule is Cc1ccccc1C(=O)N[C@@H]1CC=CC[C@H]1C. The first-order chi connectivity index (χ1) is 8.18. The van der Waals surface area contributed by atoms with Gasteiger partial charge in [0.25, 0.3) is 5.91 Å². The fraction of sp³-hybridized carbons (Fsp3) is 0.400. The highest BCUT2D eigenvalue weighted by atomic mass is 16.1. The third-order valence-electron chi connectivity index (χ3n) is 3.46. The summed E-state index contributed by atoms with van der Waals surface area (Å²) in [5.74, 6) is 0.572. The molecule has 2 rings (SSSR count). The third kappa shape index (κ3) is 2.76. The van der Waals surface area contributed by atoms with Crippen molar-refractivity contribution in [2.24, 2.45) is 5.92 Å². The molecule has 0 fully saturated rings. The van der Waals surface area contributed by atoms with Crippen molar-refractivity contribution >= 4 is 5.91 Å². The first-order valence-electron chi connectivity index (χ1n) is 6.20. The minimum absolute atomic E-state index is 0.0512. The van der Waals surface area contributed by atoms with Crippen LogP contribution in [0.5, 0.6) is 0 Å². The summed E-state index contributed by atoms with van der Waals surface area (Å²) in [5.41, 5.74) is 1.82. The van der Waals surface area contributed by atoms with Crippen LogP contribution in [0, 0.1) is 12.8 Å². The van der Waals surface area contributed by atoms with Gasteiger partial charge in [-0.2, -0.15) is 0 Å². The molecule has 1 aromatic rings. The van der Waals surface area contributed by atoms with E-state index in [0.29, 0.717) is 5.92 Å². The van der Waals surface area contributed by atoms with E-state index in [-0.39, 0.29) is 11.9 Å². The molecule has 1 aliphatic rings. The van der Waals surface area contributed by atoms with Gasteiger partial charge in [0.05, 0.1) is 0 Å². The molecule has 0 saturated heterocycles. The van der Waals surface area contributed by atoms with E-state index < -0.39 is 0 Å². The lowest BCUT2D eigenvalue weighted by molar-refractivity contribution is 0.0922. The van der Waals surface area contributed by atoms with Gasteiger partial charge in [0.15, 0.2) is 0 Å². The molecule has 2 heteroatoms. The first-order valence-corrected chi connectivity index (χ1v) is 6.20. The zero-order chi connectivity index (χ0) is 12.3. The Morgan fingerprint density at radius 3 is 2.65 bits per heavy atom. The number of carbonyl (C=O) groups excluding carboxylic acids is 1. The molecule has 0 aliphatic heterocycles. The summed E-state index contributed by atoms with van der Waals surface area (Å²) in [6, 6.07) is 7.99. The molecule has 0 aromatic heterocycles. The standard InChI is InChI=1S/C15H19NO/c1-11-7-3-5-9-13(11)15(17)16-14-10-6-4-8-12(14)2/h3-7,9,12,14H,8,10H2,1-2H3,(H,16,17)/t12-,14-/m1/s1. The summed E-state index contributed by atoms with van der Waals surface area (Å²) in [4.78, 5) is 12.1. The van der Waals surface area contributed by atoms with Crippen molar-refractivity contribution in [3.05, 3.63) is 47.5 Å². The number of hydrogen-bond acceptors (Lipinski definition) is 1. The second-order valence-corrected chi connectivity index (χ2v) is 4.81. The van der Waals surface area contributed by atoms with Crippen LogP contribution < -0.4 is 5.32 Å². The molecule has 1 aromatic carbocycles. The summed E-state index contributed by atoms with van der Waals surface area (Å²) in [7, 11) is 0. The monoisotopic (exact) mass is 229 g/mol. The van der Waals surface area contributed by atoms with Gasteiger partial charge in [0.2, 0.25) is 0 Å². The summed E-state index contributed by atoms with van der Waals surface area (Å²) in [5, 5.41) is 3.14. The predicted octanol–water partition coefficient (Wildman–Crippen LogP) is 3.08. The Morgan fingerprint density at radius 1 is 1.24 bits per heavy atom. The molecule has 1 aliphatic carbocycles. The molecule has 2 nitrogen and oxygen atoms in total. The average molecular weight is 229 g/mol. The number of benzene rings is 1. The Morgan fingerprint density at radius 2 is 1.94 bits per heavy atom. The number of carbonyl (C=O) groups is 1. The van der Waals surface area contributed by atoms with Gasteiger partial charge in [-0.3, -0.25) is 4.79 Å². The Balaban J connectivity index is 2.07. The molecule has 17 heavy (non-hydrogen) atoms. The summed E-state index contributed by atoms with van der Waals surface area (Å²) >= 11 is 0. The van der Waals surface area contributed by atoms with Crippen molar-refractivity contribution in [3.63, 3.8) is 0 Å². The Hall–Kier alpha value is -1.57. The molecular formula is C15H19NO. The number of hydrogen-bond donors (Lipinski definition) is 1. The molecule has 1 N–H and O–H groups in total. The minimum Gasteiger partial charge on any atom is -0.349 e. The number of aryl methyl sites for hydroxylation is 1. The highest BCUT2D eigenvalue weighted by molar-refractivity contribution is 5.95. The maximum absolute atomic E-state index is 12.1. The highest BCUT2D eigenvalue weighted by Crippen LogP contribution is 2.19. The van der Waals surface area contributed by atoms with E-state index >= 15 is 0 Å². The number of amides is 1. The Kier molecular flexibility index (Phi) is 3.62. The number of rotatable bonds is 2. The largest absolute Gasteiger partial charge is 0.349 e. The first kappa shape index (κ1) is 11.9. The van der Waals surface area contributed by atoms with Crippen LogP contribution in [0.25, 0.3) is 0 Å². The Labute approximate surface area is 103 Å². The van der Waals surface area contributed by atoms with Crippen LogP contribution in [0.2, 0.25) is 0 Å². The fourth-order valence-electron chi connectivity index (χ4n) is 2.23. The summed E-state index contributed by atoms with van der Waals surface area (Å²) < 4.78 is 0. The van der Waals surface area contributed by atoms with E-state index in [1.54, 1.807) is 0 Å². The smallest absolute Gasteiger partial charge is 0.251 e.